The second-order valence-corrected chi connectivity index (χ2v) is 6.92. The number of anilines is 1. The maximum absolute atomic E-state index is 12.7. The van der Waals surface area contributed by atoms with Gasteiger partial charge in [0.05, 0.1) is 6.04 Å². The summed E-state index contributed by atoms with van der Waals surface area (Å²) in [6.07, 6.45) is 0.517. The Morgan fingerprint density at radius 1 is 1.07 bits per heavy atom. The fourth-order valence-electron chi connectivity index (χ4n) is 3.37. The van der Waals surface area contributed by atoms with Crippen molar-refractivity contribution in [2.45, 2.75) is 25.4 Å². The molecule has 1 fully saturated rings. The van der Waals surface area contributed by atoms with Crippen molar-refractivity contribution < 1.29 is 9.59 Å². The molecule has 27 heavy (non-hydrogen) atoms. The number of piperazine rings is 1. The van der Waals surface area contributed by atoms with E-state index < -0.39 is 6.04 Å². The summed E-state index contributed by atoms with van der Waals surface area (Å²) in [6.45, 7) is 3.42. The van der Waals surface area contributed by atoms with Crippen LogP contribution in [0.5, 0.6) is 0 Å². The van der Waals surface area contributed by atoms with Gasteiger partial charge < -0.3 is 20.9 Å². The second-order valence-electron chi connectivity index (χ2n) is 6.92. The van der Waals surface area contributed by atoms with Crippen molar-refractivity contribution in [2.24, 2.45) is 5.73 Å². The van der Waals surface area contributed by atoms with Crippen molar-refractivity contribution in [3.8, 4) is 0 Å². The van der Waals surface area contributed by atoms with Gasteiger partial charge in [0.2, 0.25) is 5.91 Å². The molecule has 6 heteroatoms. The Kier molecular flexibility index (Phi) is 6.08. The number of benzene rings is 2. The number of nitrogens with one attached hydrogen (secondary N) is 1. The minimum absolute atomic E-state index is 0.0613. The van der Waals surface area contributed by atoms with Gasteiger partial charge in [-0.2, -0.15) is 0 Å². The van der Waals surface area contributed by atoms with Crippen LogP contribution in [0, 0.1) is 0 Å². The molecule has 1 aliphatic heterocycles. The summed E-state index contributed by atoms with van der Waals surface area (Å²) in [5.74, 6) is -0.0613. The summed E-state index contributed by atoms with van der Waals surface area (Å²) >= 11 is 0. The first-order valence-corrected chi connectivity index (χ1v) is 9.25. The summed E-state index contributed by atoms with van der Waals surface area (Å²) in [7, 11) is 0. The number of hydrogen-bond donors (Lipinski definition) is 2. The summed E-state index contributed by atoms with van der Waals surface area (Å²) < 4.78 is 0. The van der Waals surface area contributed by atoms with Crippen LogP contribution in [0.25, 0.3) is 0 Å². The Labute approximate surface area is 159 Å². The average Bonchev–Trinajstić information content (AvgIpc) is 2.68. The van der Waals surface area contributed by atoms with Crippen LogP contribution >= 0.6 is 0 Å². The zero-order valence-corrected chi connectivity index (χ0v) is 15.5. The molecule has 0 bridgehead atoms. The molecule has 2 aromatic rings. The summed E-state index contributed by atoms with van der Waals surface area (Å²) in [5.41, 5.74) is 7.95. The zero-order valence-electron chi connectivity index (χ0n) is 15.5. The van der Waals surface area contributed by atoms with Gasteiger partial charge in [-0.15, -0.1) is 0 Å². The molecular formula is C21H26N4O2. The van der Waals surface area contributed by atoms with Crippen LogP contribution in [0.15, 0.2) is 60.7 Å². The van der Waals surface area contributed by atoms with Crippen molar-refractivity contribution in [3.63, 3.8) is 0 Å². The standard InChI is InChI=1S/C21H26N4O2/c1-16-15-24(20(26)19(22)14-17-8-4-2-5-9-17)12-13-25(16)21(27)23-18-10-6-3-7-11-18/h2-11,16,19H,12-15,22H2,1H3,(H,23,27). The van der Waals surface area contributed by atoms with Gasteiger partial charge in [-0.3, -0.25) is 4.79 Å². The number of para-hydroxylation sites is 1. The van der Waals surface area contributed by atoms with E-state index in [2.05, 4.69) is 5.32 Å². The predicted octanol–water partition coefficient (Wildman–Crippen LogP) is 2.32. The molecule has 3 rings (SSSR count). The second kappa shape index (κ2) is 8.68. The Bertz CT molecular complexity index is 766. The highest BCUT2D eigenvalue weighted by Gasteiger charge is 2.31. The topological polar surface area (TPSA) is 78.7 Å². The van der Waals surface area contributed by atoms with Crippen LogP contribution < -0.4 is 11.1 Å². The number of amides is 3. The number of rotatable bonds is 4. The fraction of sp³-hybridized carbons (Fsp3) is 0.333. The van der Waals surface area contributed by atoms with Gasteiger partial charge in [0.25, 0.3) is 0 Å². The molecule has 0 saturated carbocycles. The van der Waals surface area contributed by atoms with Crippen LogP contribution in [-0.4, -0.2) is 53.5 Å². The quantitative estimate of drug-likeness (QED) is 0.872. The van der Waals surface area contributed by atoms with Crippen LogP contribution in [0.4, 0.5) is 10.5 Å². The minimum atomic E-state index is -0.565. The Morgan fingerprint density at radius 3 is 2.33 bits per heavy atom. The lowest BCUT2D eigenvalue weighted by atomic mass is 10.0. The van der Waals surface area contributed by atoms with E-state index in [4.69, 9.17) is 5.73 Å². The molecular weight excluding hydrogens is 340 g/mol. The molecule has 0 aliphatic carbocycles. The van der Waals surface area contributed by atoms with E-state index in [1.165, 1.54) is 0 Å². The molecule has 2 unspecified atom stereocenters. The maximum atomic E-state index is 12.7. The monoisotopic (exact) mass is 366 g/mol. The van der Waals surface area contributed by atoms with E-state index in [9.17, 15) is 9.59 Å². The lowest BCUT2D eigenvalue weighted by Gasteiger charge is -2.40. The highest BCUT2D eigenvalue weighted by atomic mass is 16.2. The lowest BCUT2D eigenvalue weighted by Crippen LogP contribution is -2.59. The summed E-state index contributed by atoms with van der Waals surface area (Å²) in [4.78, 5) is 28.7. The first kappa shape index (κ1) is 18.9. The fourth-order valence-corrected chi connectivity index (χ4v) is 3.37. The highest BCUT2D eigenvalue weighted by molar-refractivity contribution is 5.90. The molecule has 2 aromatic carbocycles. The zero-order chi connectivity index (χ0) is 19.2. The van der Waals surface area contributed by atoms with E-state index in [1.807, 2.05) is 67.6 Å². The molecule has 1 heterocycles. The van der Waals surface area contributed by atoms with E-state index in [0.29, 0.717) is 26.1 Å². The van der Waals surface area contributed by atoms with E-state index in [0.717, 1.165) is 11.3 Å². The van der Waals surface area contributed by atoms with Gasteiger partial charge in [0, 0.05) is 31.4 Å². The smallest absolute Gasteiger partial charge is 0.322 e. The Balaban J connectivity index is 1.54. The normalized spacial score (nSPS) is 18.1. The third-order valence-corrected chi connectivity index (χ3v) is 4.84. The van der Waals surface area contributed by atoms with Crippen LogP contribution in [0.2, 0.25) is 0 Å². The largest absolute Gasteiger partial charge is 0.338 e. The molecule has 0 spiro atoms. The molecule has 6 nitrogen and oxygen atoms in total. The summed E-state index contributed by atoms with van der Waals surface area (Å²) in [5, 5.41) is 2.90. The van der Waals surface area contributed by atoms with E-state index in [-0.39, 0.29) is 18.0 Å². The molecule has 142 valence electrons. The first-order valence-electron chi connectivity index (χ1n) is 9.25. The van der Waals surface area contributed by atoms with Gasteiger partial charge in [0.15, 0.2) is 0 Å². The maximum Gasteiger partial charge on any atom is 0.322 e. The molecule has 2 atom stereocenters. The molecule has 1 aliphatic rings. The van der Waals surface area contributed by atoms with Crippen molar-refractivity contribution >= 4 is 17.6 Å². The SMILES string of the molecule is CC1CN(C(=O)C(N)Cc2ccccc2)CCN1C(=O)Nc1ccccc1. The van der Waals surface area contributed by atoms with Crippen LogP contribution in [0.1, 0.15) is 12.5 Å². The van der Waals surface area contributed by atoms with Crippen molar-refractivity contribution in [2.75, 3.05) is 25.0 Å². The third-order valence-electron chi connectivity index (χ3n) is 4.84. The molecule has 3 N–H and O–H groups in total. The van der Waals surface area contributed by atoms with Crippen molar-refractivity contribution in [3.05, 3.63) is 66.2 Å². The highest BCUT2D eigenvalue weighted by Crippen LogP contribution is 2.14. The van der Waals surface area contributed by atoms with E-state index >= 15 is 0 Å². The van der Waals surface area contributed by atoms with Gasteiger partial charge >= 0.3 is 6.03 Å². The van der Waals surface area contributed by atoms with Crippen molar-refractivity contribution in [1.29, 1.82) is 0 Å². The van der Waals surface area contributed by atoms with Crippen LogP contribution in [-0.2, 0) is 11.2 Å². The summed E-state index contributed by atoms with van der Waals surface area (Å²) in [6, 6.07) is 18.4. The lowest BCUT2D eigenvalue weighted by molar-refractivity contribution is -0.134. The average molecular weight is 366 g/mol. The van der Waals surface area contributed by atoms with E-state index in [1.54, 1.807) is 9.80 Å². The van der Waals surface area contributed by atoms with Gasteiger partial charge in [-0.05, 0) is 31.0 Å². The number of nitrogens with two attached hydrogens (primary N) is 1. The number of carbonyl (C=O) groups is 2. The van der Waals surface area contributed by atoms with Gasteiger partial charge in [0.1, 0.15) is 0 Å². The number of carbonyl (C=O) groups excluding carboxylic acids is 2. The number of hydrogen-bond acceptors (Lipinski definition) is 3. The third kappa shape index (κ3) is 4.86. The van der Waals surface area contributed by atoms with Crippen LogP contribution in [0.3, 0.4) is 0 Å². The molecule has 0 radical (unpaired) electrons. The minimum Gasteiger partial charge on any atom is -0.338 e. The Morgan fingerprint density at radius 2 is 1.70 bits per heavy atom. The number of urea groups is 1. The Hall–Kier alpha value is -2.86. The number of nitrogens with zero attached hydrogens (tertiary/aromatic N) is 2. The first-order chi connectivity index (χ1) is 13.0. The predicted molar refractivity (Wildman–Crippen MR) is 106 cm³/mol. The molecule has 3 amide bonds. The molecule has 0 aromatic heterocycles. The molecule has 1 saturated heterocycles. The van der Waals surface area contributed by atoms with Gasteiger partial charge in [-0.25, -0.2) is 4.79 Å². The van der Waals surface area contributed by atoms with Crippen molar-refractivity contribution in [1.82, 2.24) is 9.80 Å². The van der Waals surface area contributed by atoms with Gasteiger partial charge in [-0.1, -0.05) is 48.5 Å².